The van der Waals surface area contributed by atoms with E-state index in [0.29, 0.717) is 6.04 Å². The Balaban J connectivity index is 2.41. The number of hydrogen-bond donors (Lipinski definition) is 2. The number of likely N-dealkylation sites (tertiary alicyclic amines) is 1. The van der Waals surface area contributed by atoms with Gasteiger partial charge in [-0.05, 0) is 39.3 Å². The Morgan fingerprint density at radius 3 is 2.50 bits per heavy atom. The van der Waals surface area contributed by atoms with Crippen molar-refractivity contribution in [3.05, 3.63) is 0 Å². The normalized spacial score (nSPS) is 23.6. The topological polar surface area (TPSA) is 35.5 Å². The quantitative estimate of drug-likeness (QED) is 0.725. The lowest BCUT2D eigenvalue weighted by molar-refractivity contribution is 0.122. The summed E-state index contributed by atoms with van der Waals surface area (Å²) >= 11 is 0. The van der Waals surface area contributed by atoms with Gasteiger partial charge in [-0.15, -0.1) is 0 Å². The van der Waals surface area contributed by atoms with Gasteiger partial charge in [0, 0.05) is 18.1 Å². The largest absolute Gasteiger partial charge is 0.394 e. The molecule has 1 unspecified atom stereocenters. The van der Waals surface area contributed by atoms with Crippen molar-refractivity contribution in [3.8, 4) is 0 Å². The highest BCUT2D eigenvalue weighted by Gasteiger charge is 2.27. The highest BCUT2D eigenvalue weighted by atomic mass is 16.3. The van der Waals surface area contributed by atoms with Crippen molar-refractivity contribution in [2.24, 2.45) is 0 Å². The summed E-state index contributed by atoms with van der Waals surface area (Å²) in [6.07, 6.45) is 5.96. The lowest BCUT2D eigenvalue weighted by Crippen LogP contribution is -2.53. The zero-order valence-corrected chi connectivity index (χ0v) is 11.1. The molecule has 0 spiro atoms. The third-order valence-corrected chi connectivity index (χ3v) is 4.29. The van der Waals surface area contributed by atoms with Crippen LogP contribution in [-0.2, 0) is 0 Å². The Morgan fingerprint density at radius 1 is 1.31 bits per heavy atom. The van der Waals surface area contributed by atoms with Crippen LogP contribution in [0, 0.1) is 0 Å². The number of nitrogens with one attached hydrogen (secondary N) is 1. The second-order valence-electron chi connectivity index (χ2n) is 5.16. The van der Waals surface area contributed by atoms with E-state index in [1.54, 1.807) is 0 Å². The van der Waals surface area contributed by atoms with Crippen LogP contribution in [0.25, 0.3) is 0 Å². The maximum Gasteiger partial charge on any atom is 0.0613 e. The maximum atomic E-state index is 9.50. The number of nitrogens with zero attached hydrogens (tertiary/aromatic N) is 1. The molecule has 3 heteroatoms. The summed E-state index contributed by atoms with van der Waals surface area (Å²) in [5.74, 6) is 0. The molecule has 1 heterocycles. The molecule has 0 aromatic carbocycles. The van der Waals surface area contributed by atoms with Gasteiger partial charge in [-0.3, -0.25) is 0 Å². The predicted molar refractivity (Wildman–Crippen MR) is 68.7 cm³/mol. The molecule has 1 atom stereocenters. The predicted octanol–water partition coefficient (Wildman–Crippen LogP) is 1.61. The van der Waals surface area contributed by atoms with Gasteiger partial charge in [-0.2, -0.15) is 0 Å². The smallest absolute Gasteiger partial charge is 0.0613 e. The summed E-state index contributed by atoms with van der Waals surface area (Å²) in [5.41, 5.74) is -0.0573. The van der Waals surface area contributed by atoms with Gasteiger partial charge >= 0.3 is 0 Å². The van der Waals surface area contributed by atoms with E-state index in [1.165, 1.54) is 25.8 Å². The van der Waals surface area contributed by atoms with E-state index in [9.17, 15) is 5.11 Å². The van der Waals surface area contributed by atoms with Crippen LogP contribution in [0.15, 0.2) is 0 Å². The molecule has 1 fully saturated rings. The van der Waals surface area contributed by atoms with Crippen LogP contribution in [0.2, 0.25) is 0 Å². The van der Waals surface area contributed by atoms with Crippen LogP contribution in [0.4, 0.5) is 0 Å². The first-order chi connectivity index (χ1) is 7.67. The third-order valence-electron chi connectivity index (χ3n) is 4.29. The molecule has 1 saturated heterocycles. The van der Waals surface area contributed by atoms with E-state index in [4.69, 9.17) is 0 Å². The number of likely N-dealkylation sites (N-methyl/N-ethyl adjacent to an activating group) is 1. The second kappa shape index (κ2) is 6.58. The average Bonchev–Trinajstić information content (AvgIpc) is 2.34. The van der Waals surface area contributed by atoms with Crippen molar-refractivity contribution in [2.45, 2.75) is 57.5 Å². The molecule has 16 heavy (non-hydrogen) atoms. The molecule has 0 saturated carbocycles. The van der Waals surface area contributed by atoms with E-state index in [2.05, 4.69) is 31.1 Å². The molecule has 3 nitrogen and oxygen atoms in total. The van der Waals surface area contributed by atoms with E-state index < -0.39 is 0 Å². The van der Waals surface area contributed by atoms with Gasteiger partial charge in [0.25, 0.3) is 0 Å². The molecule has 0 bridgehead atoms. The zero-order valence-electron chi connectivity index (χ0n) is 11.1. The summed E-state index contributed by atoms with van der Waals surface area (Å²) in [6, 6.07) is 0.651. The van der Waals surface area contributed by atoms with Crippen molar-refractivity contribution in [1.82, 2.24) is 10.2 Å². The lowest BCUT2D eigenvalue weighted by atomic mass is 9.92. The molecule has 0 aromatic heterocycles. The van der Waals surface area contributed by atoms with Crippen LogP contribution >= 0.6 is 0 Å². The van der Waals surface area contributed by atoms with Gasteiger partial charge in [0.15, 0.2) is 0 Å². The average molecular weight is 228 g/mol. The van der Waals surface area contributed by atoms with Gasteiger partial charge in [0.1, 0.15) is 0 Å². The number of aliphatic hydroxyl groups excluding tert-OH is 1. The minimum absolute atomic E-state index is 0.0573. The van der Waals surface area contributed by atoms with Crippen LogP contribution in [-0.4, -0.2) is 48.3 Å². The van der Waals surface area contributed by atoms with E-state index >= 15 is 0 Å². The van der Waals surface area contributed by atoms with Gasteiger partial charge in [0.2, 0.25) is 0 Å². The highest BCUT2D eigenvalue weighted by molar-refractivity contribution is 4.87. The number of hydrogen-bond acceptors (Lipinski definition) is 3. The fraction of sp³-hybridized carbons (Fsp3) is 1.00. The molecule has 0 radical (unpaired) electrons. The molecule has 1 rings (SSSR count). The van der Waals surface area contributed by atoms with Crippen LogP contribution < -0.4 is 5.32 Å². The number of aliphatic hydroxyl groups is 1. The monoisotopic (exact) mass is 228 g/mol. The molecule has 0 amide bonds. The third kappa shape index (κ3) is 3.44. The van der Waals surface area contributed by atoms with E-state index in [1.807, 2.05) is 0 Å². The molecule has 0 aromatic rings. The number of rotatable bonds is 6. The lowest BCUT2D eigenvalue weighted by Gasteiger charge is -2.37. The summed E-state index contributed by atoms with van der Waals surface area (Å²) in [7, 11) is 2.21. The van der Waals surface area contributed by atoms with Gasteiger partial charge in [-0.1, -0.05) is 20.3 Å². The zero-order chi connectivity index (χ0) is 12.0. The van der Waals surface area contributed by atoms with Gasteiger partial charge in [-0.25, -0.2) is 0 Å². The fourth-order valence-corrected chi connectivity index (χ4v) is 2.52. The molecular formula is C13H28N2O. The van der Waals surface area contributed by atoms with Crippen molar-refractivity contribution < 1.29 is 5.11 Å². The Kier molecular flexibility index (Phi) is 5.73. The minimum atomic E-state index is -0.0573. The van der Waals surface area contributed by atoms with Gasteiger partial charge in [0.05, 0.1) is 6.61 Å². The van der Waals surface area contributed by atoms with Crippen LogP contribution in [0.5, 0.6) is 0 Å². The summed E-state index contributed by atoms with van der Waals surface area (Å²) in [5, 5.41) is 13.1. The molecule has 2 N–H and O–H groups in total. The standard InChI is InChI=1S/C13H28N2O/c1-4-13(5-2,11-16)14-10-12-8-6-7-9-15(12)3/h12,14,16H,4-11H2,1-3H3. The maximum absolute atomic E-state index is 9.50. The summed E-state index contributed by atoms with van der Waals surface area (Å²) in [4.78, 5) is 2.45. The Morgan fingerprint density at radius 2 is 2.00 bits per heavy atom. The molecular weight excluding hydrogens is 200 g/mol. The molecule has 1 aliphatic rings. The van der Waals surface area contributed by atoms with Crippen LogP contribution in [0.1, 0.15) is 46.0 Å². The van der Waals surface area contributed by atoms with Crippen molar-refractivity contribution in [3.63, 3.8) is 0 Å². The SMILES string of the molecule is CCC(CC)(CO)NCC1CCCCN1C. The molecule has 1 aliphatic heterocycles. The second-order valence-corrected chi connectivity index (χ2v) is 5.16. The fourth-order valence-electron chi connectivity index (χ4n) is 2.52. The van der Waals surface area contributed by atoms with E-state index in [-0.39, 0.29) is 12.1 Å². The highest BCUT2D eigenvalue weighted by Crippen LogP contribution is 2.18. The minimum Gasteiger partial charge on any atom is -0.394 e. The summed E-state index contributed by atoms with van der Waals surface area (Å²) < 4.78 is 0. The first-order valence-electron chi connectivity index (χ1n) is 6.73. The Labute approximate surface area is 100 Å². The van der Waals surface area contributed by atoms with Crippen molar-refractivity contribution >= 4 is 0 Å². The van der Waals surface area contributed by atoms with Crippen LogP contribution in [0.3, 0.4) is 0 Å². The van der Waals surface area contributed by atoms with Crippen molar-refractivity contribution in [1.29, 1.82) is 0 Å². The first kappa shape index (κ1) is 13.9. The van der Waals surface area contributed by atoms with E-state index in [0.717, 1.165) is 19.4 Å². The number of piperidine rings is 1. The van der Waals surface area contributed by atoms with Crippen molar-refractivity contribution in [2.75, 3.05) is 26.7 Å². The van der Waals surface area contributed by atoms with Gasteiger partial charge < -0.3 is 15.3 Å². The Hall–Kier alpha value is -0.120. The molecule has 96 valence electrons. The summed E-state index contributed by atoms with van der Waals surface area (Å²) in [6.45, 7) is 6.78. The Bertz CT molecular complexity index is 184. The molecule has 0 aliphatic carbocycles. The first-order valence-corrected chi connectivity index (χ1v) is 6.73.